The van der Waals surface area contributed by atoms with E-state index in [1.54, 1.807) is 4.90 Å². The Morgan fingerprint density at radius 2 is 1.45 bits per heavy atom. The van der Waals surface area contributed by atoms with Crippen molar-refractivity contribution in [3.8, 4) is 6.07 Å². The Balaban J connectivity index is 1.16. The highest BCUT2D eigenvalue weighted by atomic mass is 16.2. The summed E-state index contributed by atoms with van der Waals surface area (Å²) in [6.07, 6.45) is 3.53. The number of nitrogens with one attached hydrogen (secondary N) is 2. The fourth-order valence-corrected chi connectivity index (χ4v) is 9.21. The van der Waals surface area contributed by atoms with Crippen molar-refractivity contribution in [3.63, 3.8) is 0 Å². The summed E-state index contributed by atoms with van der Waals surface area (Å²) in [4.78, 5) is 51.3. The minimum Gasteiger partial charge on any atom is -0.336 e. The van der Waals surface area contributed by atoms with E-state index < -0.39 is 5.41 Å². The molecule has 0 spiro atoms. The van der Waals surface area contributed by atoms with E-state index in [1.807, 2.05) is 34.1 Å². The van der Waals surface area contributed by atoms with E-state index in [2.05, 4.69) is 75.0 Å². The molecule has 3 saturated heterocycles. The first-order valence-electron chi connectivity index (χ1n) is 19.1. The number of aromatic nitrogens is 4. The van der Waals surface area contributed by atoms with Crippen LogP contribution in [0.15, 0.2) is 36.4 Å². The number of piperidine rings is 1. The van der Waals surface area contributed by atoms with Gasteiger partial charge in [0.15, 0.2) is 5.82 Å². The van der Waals surface area contributed by atoms with Crippen LogP contribution in [0.5, 0.6) is 0 Å². The van der Waals surface area contributed by atoms with Crippen molar-refractivity contribution in [2.45, 2.75) is 62.6 Å². The molecule has 3 aromatic rings. The van der Waals surface area contributed by atoms with Gasteiger partial charge in [0.1, 0.15) is 6.04 Å². The minimum absolute atomic E-state index is 0.0249. The number of carbonyl (C=O) groups is 3. The molecule has 3 amide bonds. The fourth-order valence-electron chi connectivity index (χ4n) is 9.21. The summed E-state index contributed by atoms with van der Waals surface area (Å²) in [5.74, 6) is 0.933. The van der Waals surface area contributed by atoms with Crippen LogP contribution in [0.25, 0.3) is 0 Å². The second-order valence-corrected chi connectivity index (χ2v) is 15.8. The average Bonchev–Trinajstić information content (AvgIpc) is 3.55. The predicted octanol–water partition coefficient (Wildman–Crippen LogP) is 1.29. The topological polar surface area (TPSA) is 158 Å². The Kier molecular flexibility index (Phi) is 9.51. The SMILES string of the molecule is C[C@H](CC1(c2nn[nH]n2)c2ccc(C(=O)N3CCN(C)CC3)cc2CCc2cc(C(=O)N3CCN(C)CC3)ccc21)NCC(=O)N1C(C#N)C[C@@H]2C[C@@H]21. The van der Waals surface area contributed by atoms with Crippen LogP contribution in [0.2, 0.25) is 0 Å². The van der Waals surface area contributed by atoms with E-state index in [9.17, 15) is 19.6 Å². The number of H-pyrrole nitrogens is 1. The number of nitrogens with zero attached hydrogens (tertiary/aromatic N) is 9. The summed E-state index contributed by atoms with van der Waals surface area (Å²) >= 11 is 0. The van der Waals surface area contributed by atoms with Gasteiger partial charge in [-0.15, -0.1) is 10.2 Å². The first-order valence-corrected chi connectivity index (χ1v) is 19.1. The lowest BCUT2D eigenvalue weighted by molar-refractivity contribution is -0.131. The van der Waals surface area contributed by atoms with Gasteiger partial charge in [-0.2, -0.15) is 10.5 Å². The third kappa shape index (κ3) is 6.59. The molecule has 278 valence electrons. The smallest absolute Gasteiger partial charge is 0.253 e. The minimum atomic E-state index is -0.918. The molecule has 4 fully saturated rings. The van der Waals surface area contributed by atoms with Crippen molar-refractivity contribution in [2.75, 3.05) is 73.0 Å². The number of carbonyl (C=O) groups excluding carboxylic acids is 3. The van der Waals surface area contributed by atoms with Gasteiger partial charge in [-0.3, -0.25) is 14.4 Å². The van der Waals surface area contributed by atoms with Crippen molar-refractivity contribution in [1.82, 2.24) is 50.4 Å². The maximum atomic E-state index is 13.8. The maximum absolute atomic E-state index is 13.8. The number of nitriles is 1. The number of rotatable bonds is 8. The van der Waals surface area contributed by atoms with Crippen molar-refractivity contribution in [3.05, 3.63) is 75.6 Å². The van der Waals surface area contributed by atoms with Crippen LogP contribution in [-0.2, 0) is 23.1 Å². The van der Waals surface area contributed by atoms with Gasteiger partial charge in [-0.05, 0) is 106 Å². The molecule has 1 saturated carbocycles. The number of likely N-dealkylation sites (tertiary alicyclic amines) is 1. The van der Waals surface area contributed by atoms with E-state index in [0.29, 0.717) is 68.3 Å². The first kappa shape index (κ1) is 35.3. The largest absolute Gasteiger partial charge is 0.336 e. The van der Waals surface area contributed by atoms with Crippen LogP contribution in [0.3, 0.4) is 0 Å². The predicted molar refractivity (Wildman–Crippen MR) is 196 cm³/mol. The van der Waals surface area contributed by atoms with Crippen LogP contribution in [0.4, 0.5) is 0 Å². The van der Waals surface area contributed by atoms with E-state index in [4.69, 9.17) is 0 Å². The van der Waals surface area contributed by atoms with Gasteiger partial charge >= 0.3 is 0 Å². The molecule has 14 nitrogen and oxygen atoms in total. The molecule has 14 heteroatoms. The first-order chi connectivity index (χ1) is 25.7. The molecular formula is C39H49N11O3. The molecule has 1 aromatic heterocycles. The van der Waals surface area contributed by atoms with Gasteiger partial charge in [-0.1, -0.05) is 17.3 Å². The zero-order valence-electron chi connectivity index (χ0n) is 30.9. The number of hydrogen-bond donors (Lipinski definition) is 2. The normalized spacial score (nSPS) is 24.4. The zero-order valence-corrected chi connectivity index (χ0v) is 30.9. The molecule has 0 radical (unpaired) electrons. The van der Waals surface area contributed by atoms with Gasteiger partial charge in [0.25, 0.3) is 11.8 Å². The molecule has 4 heterocycles. The lowest BCUT2D eigenvalue weighted by atomic mass is 9.67. The fraction of sp³-hybridized carbons (Fsp3) is 0.564. The summed E-state index contributed by atoms with van der Waals surface area (Å²) in [5.41, 5.74) is 4.40. The Bertz CT molecular complexity index is 1820. The summed E-state index contributed by atoms with van der Waals surface area (Å²) in [5, 5.41) is 29.2. The Morgan fingerprint density at radius 3 is 1.96 bits per heavy atom. The van der Waals surface area contributed by atoms with E-state index in [0.717, 1.165) is 61.3 Å². The van der Waals surface area contributed by atoms with Crippen molar-refractivity contribution in [2.24, 2.45) is 5.92 Å². The second kappa shape index (κ2) is 14.3. The quantitative estimate of drug-likeness (QED) is 0.348. The van der Waals surface area contributed by atoms with E-state index in [1.165, 1.54) is 0 Å². The average molecular weight is 720 g/mol. The lowest BCUT2D eigenvalue weighted by Crippen LogP contribution is -2.47. The zero-order chi connectivity index (χ0) is 36.9. The molecule has 2 aliphatic carbocycles. The number of piperazine rings is 2. The Morgan fingerprint density at radius 1 is 0.887 bits per heavy atom. The molecule has 0 bridgehead atoms. The number of hydrogen-bond acceptors (Lipinski definition) is 10. The summed E-state index contributed by atoms with van der Waals surface area (Å²) in [6.45, 7) is 8.27. The molecule has 4 atom stereocenters. The van der Waals surface area contributed by atoms with Crippen LogP contribution in [-0.4, -0.2) is 154 Å². The molecule has 2 N–H and O–H groups in total. The molecule has 5 aliphatic rings. The van der Waals surface area contributed by atoms with Gasteiger partial charge in [0, 0.05) is 75.6 Å². The van der Waals surface area contributed by atoms with Crippen LogP contribution >= 0.6 is 0 Å². The molecule has 8 rings (SSSR count). The summed E-state index contributed by atoms with van der Waals surface area (Å²) < 4.78 is 0. The number of amides is 3. The van der Waals surface area contributed by atoms with Gasteiger partial charge in [0.2, 0.25) is 5.91 Å². The number of fused-ring (bicyclic) bond motifs is 3. The molecule has 1 unspecified atom stereocenters. The number of tetrazole rings is 1. The molecule has 2 aromatic carbocycles. The van der Waals surface area contributed by atoms with Gasteiger partial charge < -0.3 is 29.8 Å². The second-order valence-electron chi connectivity index (χ2n) is 15.8. The van der Waals surface area contributed by atoms with Gasteiger partial charge in [-0.25, -0.2) is 0 Å². The standard InChI is InChI=1S/C39H49N11O3/c1-25(41-24-35(51)50-31(23-40)20-30-21-34(30)50)22-39(38-42-44-45-43-38)32-8-6-28(36(52)48-14-10-46(2)11-15-48)18-26(32)4-5-27-19-29(7-9-33(27)39)37(53)49-16-12-47(3)13-17-49/h6-9,18-19,25,30-31,34,41H,4-5,10-17,20-22,24H2,1-3H3,(H,42,43,44,45)/t25-,30-,31?,34+/m1/s1. The van der Waals surface area contributed by atoms with Crippen molar-refractivity contribution < 1.29 is 14.4 Å². The maximum Gasteiger partial charge on any atom is 0.253 e. The van der Waals surface area contributed by atoms with E-state index in [-0.39, 0.29) is 42.4 Å². The highest BCUT2D eigenvalue weighted by Crippen LogP contribution is 2.48. The molecular weight excluding hydrogens is 671 g/mol. The summed E-state index contributed by atoms with van der Waals surface area (Å²) in [7, 11) is 4.15. The third-order valence-electron chi connectivity index (χ3n) is 12.4. The highest BCUT2D eigenvalue weighted by Gasteiger charge is 2.54. The Labute approximate surface area is 310 Å². The molecule has 3 aliphatic heterocycles. The van der Waals surface area contributed by atoms with Crippen LogP contribution in [0, 0.1) is 17.2 Å². The highest BCUT2D eigenvalue weighted by molar-refractivity contribution is 5.95. The van der Waals surface area contributed by atoms with Crippen LogP contribution in [0.1, 0.15) is 75.0 Å². The van der Waals surface area contributed by atoms with E-state index >= 15 is 0 Å². The number of benzene rings is 2. The van der Waals surface area contributed by atoms with Gasteiger partial charge in [0.05, 0.1) is 18.0 Å². The Hall–Kier alpha value is -4.71. The van der Waals surface area contributed by atoms with Crippen molar-refractivity contribution >= 4 is 17.7 Å². The number of aryl methyl sites for hydroxylation is 2. The summed E-state index contributed by atoms with van der Waals surface area (Å²) in [6, 6.07) is 14.0. The monoisotopic (exact) mass is 719 g/mol. The molecule has 53 heavy (non-hydrogen) atoms. The van der Waals surface area contributed by atoms with Crippen LogP contribution < -0.4 is 5.32 Å². The number of aromatic amines is 1. The third-order valence-corrected chi connectivity index (χ3v) is 12.4. The number of likely N-dealkylation sites (N-methyl/N-ethyl adjacent to an activating group) is 2. The lowest BCUT2D eigenvalue weighted by Gasteiger charge is -2.37. The van der Waals surface area contributed by atoms with Crippen molar-refractivity contribution in [1.29, 1.82) is 5.26 Å².